The predicted molar refractivity (Wildman–Crippen MR) is 101 cm³/mol. The molecule has 0 saturated heterocycles. The van der Waals surface area contributed by atoms with Crippen molar-refractivity contribution in [2.75, 3.05) is 13.1 Å². The largest absolute Gasteiger partial charge is 0.378 e. The average molecular weight is 406 g/mol. The van der Waals surface area contributed by atoms with Crippen LogP contribution in [0, 0.1) is 0 Å². The highest BCUT2D eigenvalue weighted by molar-refractivity contribution is 9.10. The summed E-state index contributed by atoms with van der Waals surface area (Å²) < 4.78 is 26.7. The molecule has 0 fully saturated rings. The monoisotopic (exact) mass is 405 g/mol. The van der Waals surface area contributed by atoms with Crippen LogP contribution in [-0.4, -0.2) is 28.7 Å². The Hall–Kier alpha value is -2.27. The fourth-order valence-electron chi connectivity index (χ4n) is 2.18. The van der Waals surface area contributed by atoms with Crippen LogP contribution in [0.3, 0.4) is 0 Å². The summed E-state index contributed by atoms with van der Waals surface area (Å²) in [5, 5.41) is 0. The second-order valence-electron chi connectivity index (χ2n) is 5.33. The molecule has 2 aromatic carbocycles. The molecule has 0 bridgehead atoms. The van der Waals surface area contributed by atoms with E-state index in [0.29, 0.717) is 0 Å². The van der Waals surface area contributed by atoms with Gasteiger partial charge in [0.15, 0.2) is 0 Å². The number of nitrogens with zero attached hydrogens (tertiary/aromatic N) is 1. The molecule has 130 valence electrons. The van der Waals surface area contributed by atoms with Gasteiger partial charge >= 0.3 is 10.7 Å². The molecule has 0 heterocycles. The number of alkyl halides is 3. The van der Waals surface area contributed by atoms with Gasteiger partial charge in [0.1, 0.15) is 0 Å². The molecular formula is C20H18BrF2NO. The summed E-state index contributed by atoms with van der Waals surface area (Å²) >= 11 is 2.15. The average Bonchev–Trinajstić information content (AvgIpc) is 2.61. The van der Waals surface area contributed by atoms with E-state index in [1.807, 2.05) is 60.7 Å². The zero-order valence-electron chi connectivity index (χ0n) is 13.5. The highest BCUT2D eigenvalue weighted by atomic mass is 79.9. The summed E-state index contributed by atoms with van der Waals surface area (Å²) in [6.45, 7) is 0.183. The van der Waals surface area contributed by atoms with E-state index in [4.69, 9.17) is 0 Å². The molecule has 0 radical (unpaired) electrons. The van der Waals surface area contributed by atoms with Crippen molar-refractivity contribution in [2.24, 2.45) is 0 Å². The molecule has 0 aliphatic heterocycles. The van der Waals surface area contributed by atoms with Crippen molar-refractivity contribution in [3.8, 4) is 0 Å². The lowest BCUT2D eigenvalue weighted by molar-refractivity contribution is -0.144. The molecule has 0 saturated carbocycles. The van der Waals surface area contributed by atoms with Crippen molar-refractivity contribution in [1.82, 2.24) is 4.90 Å². The van der Waals surface area contributed by atoms with Gasteiger partial charge in [-0.15, -0.1) is 0 Å². The van der Waals surface area contributed by atoms with Gasteiger partial charge in [0.2, 0.25) is 0 Å². The van der Waals surface area contributed by atoms with Crippen LogP contribution in [0.2, 0.25) is 0 Å². The van der Waals surface area contributed by atoms with Gasteiger partial charge < -0.3 is 4.90 Å². The van der Waals surface area contributed by atoms with Crippen LogP contribution in [0.25, 0.3) is 12.2 Å². The smallest absolute Gasteiger partial charge is 0.329 e. The molecule has 0 spiro atoms. The summed E-state index contributed by atoms with van der Waals surface area (Å²) in [5.74, 6) is -1.26. The van der Waals surface area contributed by atoms with Gasteiger partial charge in [-0.05, 0) is 11.1 Å². The van der Waals surface area contributed by atoms with E-state index in [0.717, 1.165) is 16.0 Å². The maximum atomic E-state index is 13.3. The van der Waals surface area contributed by atoms with Crippen LogP contribution in [0.15, 0.2) is 72.8 Å². The number of hydrogen-bond donors (Lipinski definition) is 0. The lowest BCUT2D eigenvalue weighted by Crippen LogP contribution is -2.40. The molecule has 0 N–H and O–H groups in total. The summed E-state index contributed by atoms with van der Waals surface area (Å²) in [7, 11) is 0. The molecule has 1 amide bonds. The topological polar surface area (TPSA) is 20.3 Å². The van der Waals surface area contributed by atoms with Crippen molar-refractivity contribution < 1.29 is 13.6 Å². The van der Waals surface area contributed by atoms with Crippen LogP contribution < -0.4 is 0 Å². The van der Waals surface area contributed by atoms with Crippen LogP contribution >= 0.6 is 15.9 Å². The summed E-state index contributed by atoms with van der Waals surface area (Å²) in [5.41, 5.74) is 1.89. The Labute approximate surface area is 154 Å². The maximum Gasteiger partial charge on any atom is 0.378 e. The van der Waals surface area contributed by atoms with Crippen LogP contribution in [0.1, 0.15) is 11.1 Å². The van der Waals surface area contributed by atoms with Gasteiger partial charge in [-0.3, -0.25) is 4.79 Å². The lowest BCUT2D eigenvalue weighted by Gasteiger charge is -2.22. The van der Waals surface area contributed by atoms with Crippen molar-refractivity contribution in [2.45, 2.75) is 4.83 Å². The number of carbonyl (C=O) groups is 1. The van der Waals surface area contributed by atoms with Gasteiger partial charge in [0.25, 0.3) is 0 Å². The number of halogens is 3. The Morgan fingerprint density at radius 1 is 0.880 bits per heavy atom. The van der Waals surface area contributed by atoms with Crippen molar-refractivity contribution in [1.29, 1.82) is 0 Å². The first-order chi connectivity index (χ1) is 12.0. The van der Waals surface area contributed by atoms with Gasteiger partial charge in [0, 0.05) is 29.0 Å². The van der Waals surface area contributed by atoms with Crippen LogP contribution in [0.4, 0.5) is 8.78 Å². The van der Waals surface area contributed by atoms with E-state index in [-0.39, 0.29) is 13.1 Å². The molecule has 0 aromatic heterocycles. The van der Waals surface area contributed by atoms with E-state index in [9.17, 15) is 13.6 Å². The number of hydrogen-bond acceptors (Lipinski definition) is 1. The summed E-state index contributed by atoms with van der Waals surface area (Å²) in [6, 6.07) is 18.9. The van der Waals surface area contributed by atoms with Crippen molar-refractivity contribution in [3.05, 3.63) is 83.9 Å². The van der Waals surface area contributed by atoms with E-state index in [2.05, 4.69) is 15.9 Å². The van der Waals surface area contributed by atoms with Crippen LogP contribution in [-0.2, 0) is 4.79 Å². The first kappa shape index (κ1) is 19.1. The number of rotatable bonds is 7. The molecule has 0 atom stereocenters. The summed E-state index contributed by atoms with van der Waals surface area (Å²) in [6.07, 6.45) is 6.99. The number of carbonyl (C=O) groups excluding carboxylic acids is 1. The van der Waals surface area contributed by atoms with E-state index < -0.39 is 10.7 Å². The molecule has 0 aliphatic rings. The fourth-order valence-corrected chi connectivity index (χ4v) is 2.43. The van der Waals surface area contributed by atoms with E-state index in [1.54, 1.807) is 24.3 Å². The Morgan fingerprint density at radius 2 is 1.28 bits per heavy atom. The predicted octanol–water partition coefficient (Wildman–Crippen LogP) is 5.23. The fraction of sp³-hybridized carbons (Fsp3) is 0.150. The maximum absolute atomic E-state index is 13.3. The standard InChI is InChI=1S/C20H18BrF2NO/c21-20(22,23)19(25)24(15-7-13-17-9-3-1-4-10-17)16-8-14-18-11-5-2-6-12-18/h1-14H,15-16H2/b13-7+,14-8+. The molecule has 0 unspecified atom stereocenters. The zero-order valence-corrected chi connectivity index (χ0v) is 15.1. The van der Waals surface area contributed by atoms with E-state index >= 15 is 0 Å². The van der Waals surface area contributed by atoms with Gasteiger partial charge in [-0.2, -0.15) is 8.78 Å². The molecular weight excluding hydrogens is 388 g/mol. The van der Waals surface area contributed by atoms with Gasteiger partial charge in [-0.25, -0.2) is 0 Å². The Balaban J connectivity index is 2.04. The minimum absolute atomic E-state index is 0.0913. The van der Waals surface area contributed by atoms with Crippen LogP contribution in [0.5, 0.6) is 0 Å². The highest BCUT2D eigenvalue weighted by Crippen LogP contribution is 2.24. The molecule has 2 rings (SSSR count). The molecule has 2 nitrogen and oxygen atoms in total. The first-order valence-electron chi connectivity index (χ1n) is 7.76. The van der Waals surface area contributed by atoms with Gasteiger partial charge in [0.05, 0.1) is 0 Å². The second kappa shape index (κ2) is 9.28. The quantitative estimate of drug-likeness (QED) is 0.577. The van der Waals surface area contributed by atoms with Gasteiger partial charge in [-0.1, -0.05) is 85.0 Å². The third-order valence-electron chi connectivity index (χ3n) is 3.40. The normalized spacial score (nSPS) is 12.0. The second-order valence-corrected chi connectivity index (χ2v) is 6.33. The minimum atomic E-state index is -3.58. The minimum Gasteiger partial charge on any atom is -0.329 e. The number of benzene rings is 2. The molecule has 2 aromatic rings. The third-order valence-corrected chi connectivity index (χ3v) is 3.74. The lowest BCUT2D eigenvalue weighted by atomic mass is 10.2. The molecule has 0 aliphatic carbocycles. The number of amides is 1. The SMILES string of the molecule is O=C(N(C/C=C/c1ccccc1)C/C=C/c1ccccc1)C(F)(F)Br. The summed E-state index contributed by atoms with van der Waals surface area (Å²) in [4.78, 5) is 9.43. The Morgan fingerprint density at radius 3 is 1.64 bits per heavy atom. The molecule has 5 heteroatoms. The third kappa shape index (κ3) is 6.63. The highest BCUT2D eigenvalue weighted by Gasteiger charge is 2.38. The molecule has 25 heavy (non-hydrogen) atoms. The van der Waals surface area contributed by atoms with E-state index in [1.165, 1.54) is 0 Å². The zero-order chi connectivity index (χ0) is 18.1. The first-order valence-corrected chi connectivity index (χ1v) is 8.55. The Bertz CT molecular complexity index is 673. The Kier molecular flexibility index (Phi) is 7.07. The van der Waals surface area contributed by atoms with Crippen molar-refractivity contribution in [3.63, 3.8) is 0 Å². The van der Waals surface area contributed by atoms with Crippen molar-refractivity contribution >= 4 is 34.0 Å².